The van der Waals surface area contributed by atoms with Crippen LogP contribution in [0.15, 0.2) is 11.3 Å². The number of nitrogens with two attached hydrogens (primary N) is 2. The molecule has 0 amide bonds. The molecule has 1 atom stereocenters. The molecule has 0 bridgehead atoms. The number of aromatic nitrogens is 2. The van der Waals surface area contributed by atoms with Crippen LogP contribution in [-0.2, 0) is 11.3 Å². The van der Waals surface area contributed by atoms with Crippen molar-refractivity contribution in [3.05, 3.63) is 12.0 Å². The summed E-state index contributed by atoms with van der Waals surface area (Å²) in [4.78, 5) is 11.2. The van der Waals surface area contributed by atoms with E-state index in [-0.39, 0.29) is 6.17 Å². The number of hydrogen-bond donors (Lipinski definition) is 2. The van der Waals surface area contributed by atoms with Gasteiger partial charge in [0.25, 0.3) is 0 Å². The zero-order valence-electron chi connectivity index (χ0n) is 13.0. The lowest BCUT2D eigenvalue weighted by molar-refractivity contribution is 0.0176. The number of aliphatic imine (C=N–C) groups is 1. The minimum absolute atomic E-state index is 0.0598. The first-order chi connectivity index (χ1) is 10.2. The Labute approximate surface area is 126 Å². The Hall–Kier alpha value is -1.60. The van der Waals surface area contributed by atoms with Crippen molar-refractivity contribution in [2.75, 3.05) is 32.0 Å². The van der Waals surface area contributed by atoms with Crippen molar-refractivity contribution in [3.8, 4) is 0 Å². The van der Waals surface area contributed by atoms with Crippen molar-refractivity contribution in [1.29, 1.82) is 0 Å². The number of aryl methyl sites for hydroxylation is 1. The summed E-state index contributed by atoms with van der Waals surface area (Å²) >= 11 is 0. The van der Waals surface area contributed by atoms with Crippen molar-refractivity contribution in [3.63, 3.8) is 0 Å². The molecule has 0 radical (unpaired) electrons. The Bertz CT molecular complexity index is 478. The number of hydrogen-bond acceptors (Lipinski definition) is 5. The Morgan fingerprint density at radius 1 is 1.43 bits per heavy atom. The number of amidine groups is 1. The van der Waals surface area contributed by atoms with Gasteiger partial charge in [-0.2, -0.15) is 0 Å². The molecule has 7 heteroatoms. The Balaban J connectivity index is 2.14. The molecule has 7 nitrogen and oxygen atoms in total. The number of nitrogen functional groups attached to an aromatic ring is 1. The van der Waals surface area contributed by atoms with Gasteiger partial charge in [-0.1, -0.05) is 13.8 Å². The van der Waals surface area contributed by atoms with Crippen LogP contribution in [0.3, 0.4) is 0 Å². The lowest BCUT2D eigenvalue weighted by Crippen LogP contribution is -2.43. The number of morpholine rings is 1. The van der Waals surface area contributed by atoms with Crippen LogP contribution < -0.4 is 11.5 Å². The van der Waals surface area contributed by atoms with Gasteiger partial charge in [0.15, 0.2) is 0 Å². The largest absolute Gasteiger partial charge is 0.383 e. The van der Waals surface area contributed by atoms with Crippen LogP contribution in [0, 0.1) is 0 Å². The molecule has 1 aliphatic rings. The second kappa shape index (κ2) is 7.42. The third kappa shape index (κ3) is 3.74. The minimum Gasteiger partial charge on any atom is -0.383 e. The molecule has 0 aliphatic carbocycles. The van der Waals surface area contributed by atoms with Gasteiger partial charge < -0.3 is 20.8 Å². The van der Waals surface area contributed by atoms with Crippen LogP contribution in [0.1, 0.15) is 32.4 Å². The topological polar surface area (TPSA) is 94.7 Å². The summed E-state index contributed by atoms with van der Waals surface area (Å²) in [6.45, 7) is 8.31. The van der Waals surface area contributed by atoms with Crippen molar-refractivity contribution in [2.45, 2.75) is 39.4 Å². The first-order valence-electron chi connectivity index (χ1n) is 7.63. The Kier molecular flexibility index (Phi) is 5.58. The molecular formula is C14H26N6O. The van der Waals surface area contributed by atoms with E-state index in [4.69, 9.17) is 16.2 Å². The van der Waals surface area contributed by atoms with E-state index in [9.17, 15) is 0 Å². The summed E-state index contributed by atoms with van der Waals surface area (Å²) < 4.78 is 7.29. The van der Waals surface area contributed by atoms with Crippen LogP contribution in [0.4, 0.5) is 5.82 Å². The molecule has 0 aromatic carbocycles. The standard InChI is InChI=1S/C14H26N6O/c1-3-5-20-10-17-12(14(20)16)13(15)18-11(4-2)19-6-8-21-9-7-19/h10-11H,3-9,16H2,1-2H3,(H2,15,18). The van der Waals surface area contributed by atoms with Gasteiger partial charge in [-0.15, -0.1) is 0 Å². The number of rotatable bonds is 6. The van der Waals surface area contributed by atoms with E-state index in [1.165, 1.54) is 0 Å². The lowest BCUT2D eigenvalue weighted by Gasteiger charge is -2.31. The van der Waals surface area contributed by atoms with Gasteiger partial charge in [0, 0.05) is 19.6 Å². The number of ether oxygens (including phenoxy) is 1. The SMILES string of the molecule is CCCn1cnc(/C(N)=N\C(CC)N2CCOCC2)c1N. The average molecular weight is 294 g/mol. The molecule has 1 aromatic rings. The van der Waals surface area contributed by atoms with E-state index >= 15 is 0 Å². The fourth-order valence-corrected chi connectivity index (χ4v) is 2.54. The third-order valence-corrected chi connectivity index (χ3v) is 3.71. The zero-order valence-corrected chi connectivity index (χ0v) is 13.0. The predicted octanol–water partition coefficient (Wildman–Crippen LogP) is 0.649. The maximum absolute atomic E-state index is 6.12. The molecule has 2 rings (SSSR count). The number of nitrogens with zero attached hydrogens (tertiary/aromatic N) is 4. The molecule has 1 fully saturated rings. The predicted molar refractivity (Wildman–Crippen MR) is 84.1 cm³/mol. The molecule has 21 heavy (non-hydrogen) atoms. The summed E-state index contributed by atoms with van der Waals surface area (Å²) in [5.41, 5.74) is 12.8. The lowest BCUT2D eigenvalue weighted by atomic mass is 10.3. The van der Waals surface area contributed by atoms with Gasteiger partial charge in [-0.25, -0.2) is 9.98 Å². The second-order valence-electron chi connectivity index (χ2n) is 5.22. The second-order valence-corrected chi connectivity index (χ2v) is 5.22. The van der Waals surface area contributed by atoms with Crippen LogP contribution >= 0.6 is 0 Å². The smallest absolute Gasteiger partial charge is 0.150 e. The zero-order chi connectivity index (χ0) is 15.2. The van der Waals surface area contributed by atoms with Crippen molar-refractivity contribution < 1.29 is 4.74 Å². The molecule has 1 unspecified atom stereocenters. The van der Waals surface area contributed by atoms with Gasteiger partial charge in [-0.3, -0.25) is 4.90 Å². The third-order valence-electron chi connectivity index (χ3n) is 3.71. The normalized spacial score (nSPS) is 18.9. The quantitative estimate of drug-likeness (QED) is 0.593. The first-order valence-corrected chi connectivity index (χ1v) is 7.63. The highest BCUT2D eigenvalue weighted by molar-refractivity contribution is 5.99. The molecular weight excluding hydrogens is 268 g/mol. The van der Waals surface area contributed by atoms with E-state index < -0.39 is 0 Å². The van der Waals surface area contributed by atoms with E-state index in [1.54, 1.807) is 6.33 Å². The summed E-state index contributed by atoms with van der Waals surface area (Å²) in [6, 6.07) is 0. The average Bonchev–Trinajstić information content (AvgIpc) is 2.87. The number of anilines is 1. The fraction of sp³-hybridized carbons (Fsp3) is 0.714. The molecule has 1 saturated heterocycles. The summed E-state index contributed by atoms with van der Waals surface area (Å²) in [6.07, 6.45) is 3.69. The van der Waals surface area contributed by atoms with Gasteiger partial charge in [0.2, 0.25) is 0 Å². The van der Waals surface area contributed by atoms with Gasteiger partial charge in [-0.05, 0) is 12.8 Å². The van der Waals surface area contributed by atoms with Gasteiger partial charge in [0.05, 0.1) is 19.5 Å². The fourth-order valence-electron chi connectivity index (χ4n) is 2.54. The van der Waals surface area contributed by atoms with Crippen molar-refractivity contribution in [1.82, 2.24) is 14.5 Å². The van der Waals surface area contributed by atoms with E-state index in [0.29, 0.717) is 17.3 Å². The maximum Gasteiger partial charge on any atom is 0.150 e. The van der Waals surface area contributed by atoms with E-state index in [0.717, 1.165) is 45.7 Å². The van der Waals surface area contributed by atoms with Crippen LogP contribution in [-0.4, -0.2) is 52.8 Å². The van der Waals surface area contributed by atoms with Crippen LogP contribution in [0.2, 0.25) is 0 Å². The van der Waals surface area contributed by atoms with Crippen LogP contribution in [0.5, 0.6) is 0 Å². The number of imidazole rings is 1. The van der Waals surface area contributed by atoms with E-state index in [2.05, 4.69) is 28.7 Å². The van der Waals surface area contributed by atoms with Gasteiger partial charge >= 0.3 is 0 Å². The molecule has 0 saturated carbocycles. The molecule has 2 heterocycles. The molecule has 4 N–H and O–H groups in total. The Morgan fingerprint density at radius 2 is 2.14 bits per heavy atom. The van der Waals surface area contributed by atoms with Gasteiger partial charge in [0.1, 0.15) is 23.5 Å². The van der Waals surface area contributed by atoms with Crippen molar-refractivity contribution >= 4 is 11.7 Å². The van der Waals surface area contributed by atoms with Crippen molar-refractivity contribution in [2.24, 2.45) is 10.7 Å². The first kappa shape index (κ1) is 15.8. The summed E-state index contributed by atoms with van der Waals surface area (Å²) in [5, 5.41) is 0. The Morgan fingerprint density at radius 3 is 2.76 bits per heavy atom. The summed E-state index contributed by atoms with van der Waals surface area (Å²) in [7, 11) is 0. The van der Waals surface area contributed by atoms with E-state index in [1.807, 2.05) is 4.57 Å². The molecule has 118 valence electrons. The highest BCUT2D eigenvalue weighted by atomic mass is 16.5. The van der Waals surface area contributed by atoms with Crippen LogP contribution in [0.25, 0.3) is 0 Å². The molecule has 1 aliphatic heterocycles. The minimum atomic E-state index is 0.0598. The summed E-state index contributed by atoms with van der Waals surface area (Å²) in [5.74, 6) is 1.01. The highest BCUT2D eigenvalue weighted by Crippen LogP contribution is 2.14. The molecule has 1 aromatic heterocycles. The monoisotopic (exact) mass is 294 g/mol. The molecule has 0 spiro atoms. The highest BCUT2D eigenvalue weighted by Gasteiger charge is 2.20. The maximum atomic E-state index is 6.12.